The lowest BCUT2D eigenvalue weighted by Gasteiger charge is -2.13. The summed E-state index contributed by atoms with van der Waals surface area (Å²) in [6.45, 7) is 1.71. The standard InChI is InChI=1S/C18H14F3N3O/c1-10-8-15(24-13-5-2-11(3-6-13)17(22)25)14-7-4-12(18(19,20)21)9-16(14)23-10/h2-9H,1H3,(H2,22,25)(H,23,24). The predicted octanol–water partition coefficient (Wildman–Crippen LogP) is 4.40. The molecular weight excluding hydrogens is 331 g/mol. The molecule has 1 amide bonds. The minimum absolute atomic E-state index is 0.256. The van der Waals surface area contributed by atoms with Gasteiger partial charge in [0, 0.05) is 28.0 Å². The van der Waals surface area contributed by atoms with E-state index in [1.165, 1.54) is 6.07 Å². The molecule has 3 rings (SSSR count). The van der Waals surface area contributed by atoms with Crippen LogP contribution in [0.25, 0.3) is 10.9 Å². The molecule has 128 valence electrons. The zero-order valence-electron chi connectivity index (χ0n) is 13.2. The number of primary amides is 1. The van der Waals surface area contributed by atoms with Gasteiger partial charge in [-0.2, -0.15) is 13.2 Å². The van der Waals surface area contributed by atoms with Crippen molar-refractivity contribution in [2.24, 2.45) is 5.73 Å². The first-order chi connectivity index (χ1) is 11.7. The van der Waals surface area contributed by atoms with Crippen molar-refractivity contribution in [3.05, 3.63) is 65.4 Å². The summed E-state index contributed by atoms with van der Waals surface area (Å²) in [5.74, 6) is -0.531. The second-order valence-electron chi connectivity index (χ2n) is 5.61. The Morgan fingerprint density at radius 1 is 1.08 bits per heavy atom. The Morgan fingerprint density at radius 2 is 1.76 bits per heavy atom. The molecule has 0 atom stereocenters. The summed E-state index contributed by atoms with van der Waals surface area (Å²) >= 11 is 0. The topological polar surface area (TPSA) is 68.0 Å². The van der Waals surface area contributed by atoms with Crippen LogP contribution in [0.5, 0.6) is 0 Å². The Kier molecular flexibility index (Phi) is 4.08. The van der Waals surface area contributed by atoms with Crippen LogP contribution in [0.4, 0.5) is 24.5 Å². The van der Waals surface area contributed by atoms with Crippen LogP contribution in [0.3, 0.4) is 0 Å². The minimum Gasteiger partial charge on any atom is -0.366 e. The maximum absolute atomic E-state index is 12.9. The van der Waals surface area contributed by atoms with Crippen LogP contribution in [-0.4, -0.2) is 10.9 Å². The van der Waals surface area contributed by atoms with Gasteiger partial charge in [0.1, 0.15) is 0 Å². The van der Waals surface area contributed by atoms with E-state index in [0.29, 0.717) is 28.0 Å². The Labute approximate surface area is 141 Å². The van der Waals surface area contributed by atoms with Gasteiger partial charge in [-0.05, 0) is 49.4 Å². The van der Waals surface area contributed by atoms with Gasteiger partial charge in [0.15, 0.2) is 0 Å². The molecule has 0 spiro atoms. The second kappa shape index (κ2) is 6.08. The molecule has 0 fully saturated rings. The molecule has 3 N–H and O–H groups in total. The number of amides is 1. The van der Waals surface area contributed by atoms with Crippen LogP contribution in [0.1, 0.15) is 21.6 Å². The Morgan fingerprint density at radius 3 is 2.36 bits per heavy atom. The molecule has 0 aliphatic carbocycles. The fourth-order valence-corrected chi connectivity index (χ4v) is 2.51. The zero-order valence-corrected chi connectivity index (χ0v) is 13.2. The average molecular weight is 345 g/mol. The molecule has 25 heavy (non-hydrogen) atoms. The fourth-order valence-electron chi connectivity index (χ4n) is 2.51. The lowest BCUT2D eigenvalue weighted by atomic mass is 10.1. The number of hydrogen-bond donors (Lipinski definition) is 2. The number of aromatic nitrogens is 1. The molecule has 2 aromatic carbocycles. The number of anilines is 2. The number of benzene rings is 2. The van der Waals surface area contributed by atoms with E-state index in [9.17, 15) is 18.0 Å². The van der Waals surface area contributed by atoms with Crippen LogP contribution < -0.4 is 11.1 Å². The van der Waals surface area contributed by atoms with Crippen LogP contribution in [0, 0.1) is 6.92 Å². The SMILES string of the molecule is Cc1cc(Nc2ccc(C(N)=O)cc2)c2ccc(C(F)(F)F)cc2n1. The maximum atomic E-state index is 12.9. The number of fused-ring (bicyclic) bond motifs is 1. The highest BCUT2D eigenvalue weighted by Gasteiger charge is 2.30. The Hall–Kier alpha value is -3.09. The smallest absolute Gasteiger partial charge is 0.366 e. The summed E-state index contributed by atoms with van der Waals surface area (Å²) in [5, 5.41) is 3.71. The number of rotatable bonds is 3. The van der Waals surface area contributed by atoms with Gasteiger partial charge in [0.05, 0.1) is 11.1 Å². The molecule has 3 aromatic rings. The number of pyridine rings is 1. The first-order valence-corrected chi connectivity index (χ1v) is 7.39. The first kappa shape index (κ1) is 16.8. The van der Waals surface area contributed by atoms with Gasteiger partial charge in [-0.15, -0.1) is 0 Å². The zero-order chi connectivity index (χ0) is 18.2. The number of nitrogens with zero attached hydrogens (tertiary/aromatic N) is 1. The number of aryl methyl sites for hydroxylation is 1. The summed E-state index contributed by atoms with van der Waals surface area (Å²) in [6.07, 6.45) is -4.42. The van der Waals surface area contributed by atoms with Gasteiger partial charge in [-0.25, -0.2) is 0 Å². The molecule has 1 aromatic heterocycles. The molecule has 7 heteroatoms. The number of carbonyl (C=O) groups excluding carboxylic acids is 1. The monoisotopic (exact) mass is 345 g/mol. The van der Waals surface area contributed by atoms with Crippen LogP contribution in [0.2, 0.25) is 0 Å². The molecule has 0 radical (unpaired) electrons. The van der Waals surface area contributed by atoms with E-state index in [1.54, 1.807) is 37.3 Å². The molecule has 4 nitrogen and oxygen atoms in total. The quantitative estimate of drug-likeness (QED) is 0.739. The van der Waals surface area contributed by atoms with Crippen LogP contribution in [-0.2, 0) is 6.18 Å². The summed E-state index contributed by atoms with van der Waals surface area (Å²) in [6, 6.07) is 11.7. The number of nitrogens with two attached hydrogens (primary N) is 1. The largest absolute Gasteiger partial charge is 0.416 e. The number of alkyl halides is 3. The van der Waals surface area contributed by atoms with Crippen molar-refractivity contribution in [1.29, 1.82) is 0 Å². The summed E-state index contributed by atoms with van der Waals surface area (Å²) in [7, 11) is 0. The van der Waals surface area contributed by atoms with Crippen molar-refractivity contribution >= 4 is 28.2 Å². The minimum atomic E-state index is -4.42. The van der Waals surface area contributed by atoms with Crippen molar-refractivity contribution in [2.75, 3.05) is 5.32 Å². The fraction of sp³-hybridized carbons (Fsp3) is 0.111. The van der Waals surface area contributed by atoms with Gasteiger partial charge < -0.3 is 11.1 Å². The maximum Gasteiger partial charge on any atom is 0.416 e. The Balaban J connectivity index is 2.02. The highest BCUT2D eigenvalue weighted by molar-refractivity contribution is 5.95. The van der Waals surface area contributed by atoms with Gasteiger partial charge >= 0.3 is 6.18 Å². The van der Waals surface area contributed by atoms with Crippen LogP contribution >= 0.6 is 0 Å². The highest BCUT2D eigenvalue weighted by atomic mass is 19.4. The third kappa shape index (κ3) is 3.55. The van der Waals surface area contributed by atoms with Gasteiger partial charge in [-0.1, -0.05) is 6.07 Å². The number of nitrogens with one attached hydrogen (secondary N) is 1. The molecule has 0 bridgehead atoms. The van der Waals surface area contributed by atoms with E-state index >= 15 is 0 Å². The van der Waals surface area contributed by atoms with E-state index in [4.69, 9.17) is 5.73 Å². The van der Waals surface area contributed by atoms with E-state index in [-0.39, 0.29) is 5.52 Å². The first-order valence-electron chi connectivity index (χ1n) is 7.39. The third-order valence-corrected chi connectivity index (χ3v) is 3.71. The van der Waals surface area contributed by atoms with Crippen molar-refractivity contribution in [2.45, 2.75) is 13.1 Å². The summed E-state index contributed by atoms with van der Waals surface area (Å²) in [4.78, 5) is 15.3. The van der Waals surface area contributed by atoms with Crippen molar-refractivity contribution in [1.82, 2.24) is 4.98 Å². The van der Waals surface area contributed by atoms with Crippen molar-refractivity contribution in [3.8, 4) is 0 Å². The van der Waals surface area contributed by atoms with E-state index in [1.807, 2.05) is 0 Å². The number of halogens is 3. The normalized spacial score (nSPS) is 11.5. The highest BCUT2D eigenvalue weighted by Crippen LogP contribution is 2.33. The molecule has 0 unspecified atom stereocenters. The van der Waals surface area contributed by atoms with Crippen molar-refractivity contribution in [3.63, 3.8) is 0 Å². The summed E-state index contributed by atoms with van der Waals surface area (Å²) in [5.41, 5.74) is 6.98. The molecule has 0 saturated carbocycles. The van der Waals surface area contributed by atoms with E-state index < -0.39 is 17.6 Å². The number of hydrogen-bond acceptors (Lipinski definition) is 3. The van der Waals surface area contributed by atoms with E-state index in [2.05, 4.69) is 10.3 Å². The molecule has 1 heterocycles. The third-order valence-electron chi connectivity index (χ3n) is 3.71. The van der Waals surface area contributed by atoms with Gasteiger partial charge in [0.25, 0.3) is 0 Å². The number of carbonyl (C=O) groups is 1. The van der Waals surface area contributed by atoms with Crippen LogP contribution in [0.15, 0.2) is 48.5 Å². The Bertz CT molecular complexity index is 950. The van der Waals surface area contributed by atoms with Gasteiger partial charge in [0.2, 0.25) is 5.91 Å². The van der Waals surface area contributed by atoms with E-state index in [0.717, 1.165) is 12.1 Å². The molecule has 0 aliphatic heterocycles. The van der Waals surface area contributed by atoms with Crippen molar-refractivity contribution < 1.29 is 18.0 Å². The molecule has 0 aliphatic rings. The predicted molar refractivity (Wildman–Crippen MR) is 89.7 cm³/mol. The second-order valence-corrected chi connectivity index (χ2v) is 5.61. The van der Waals surface area contributed by atoms with Gasteiger partial charge in [-0.3, -0.25) is 9.78 Å². The molecule has 0 saturated heterocycles. The lowest BCUT2D eigenvalue weighted by molar-refractivity contribution is -0.137. The molecular formula is C18H14F3N3O. The summed E-state index contributed by atoms with van der Waals surface area (Å²) < 4.78 is 38.7. The lowest BCUT2D eigenvalue weighted by Crippen LogP contribution is -2.10. The average Bonchev–Trinajstić information content (AvgIpc) is 2.53.